The Hall–Kier alpha value is -1.60. The highest BCUT2D eigenvalue weighted by Crippen LogP contribution is 2.25. The van der Waals surface area contributed by atoms with Crippen molar-refractivity contribution in [3.63, 3.8) is 0 Å². The minimum absolute atomic E-state index is 0.0632. The minimum Gasteiger partial charge on any atom is -0.397 e. The quantitative estimate of drug-likeness (QED) is 0.677. The fraction of sp³-hybridized carbons (Fsp3) is 0.500. The molecule has 2 rings (SSSR count). The van der Waals surface area contributed by atoms with Gasteiger partial charge in [-0.05, 0) is 37.8 Å². The summed E-state index contributed by atoms with van der Waals surface area (Å²) in [5.74, 6) is -0.130. The maximum absolute atomic E-state index is 12.3. The average molecular weight is 311 g/mol. The number of nitrogens with one attached hydrogen (secondary N) is 2. The van der Waals surface area contributed by atoms with E-state index >= 15 is 0 Å². The summed E-state index contributed by atoms with van der Waals surface area (Å²) in [5.41, 5.74) is 7.44. The van der Waals surface area contributed by atoms with Crippen LogP contribution in [0.15, 0.2) is 17.0 Å². The second-order valence-corrected chi connectivity index (χ2v) is 7.14. The van der Waals surface area contributed by atoms with Gasteiger partial charge >= 0.3 is 0 Å². The number of nitrogen functional groups attached to an aromatic ring is 1. The fourth-order valence-electron chi connectivity index (χ4n) is 2.06. The lowest BCUT2D eigenvalue weighted by atomic mass is 10.1. The first-order valence-corrected chi connectivity index (χ1v) is 8.44. The predicted octanol–water partition coefficient (Wildman–Crippen LogP) is 0.833. The van der Waals surface area contributed by atoms with E-state index in [9.17, 15) is 13.2 Å². The third kappa shape index (κ3) is 3.95. The molecule has 1 saturated carbocycles. The van der Waals surface area contributed by atoms with E-state index in [0.29, 0.717) is 11.1 Å². The summed E-state index contributed by atoms with van der Waals surface area (Å²) >= 11 is 0. The van der Waals surface area contributed by atoms with Crippen LogP contribution in [0.2, 0.25) is 0 Å². The van der Waals surface area contributed by atoms with Crippen LogP contribution in [-0.4, -0.2) is 26.9 Å². The number of hydrogen-bond donors (Lipinski definition) is 3. The summed E-state index contributed by atoms with van der Waals surface area (Å²) in [7, 11) is -3.71. The maximum atomic E-state index is 12.3. The third-order valence-corrected chi connectivity index (χ3v) is 5.13. The van der Waals surface area contributed by atoms with Gasteiger partial charge in [0, 0.05) is 19.0 Å². The standard InChI is InChI=1S/C14H21N3O3S/c1-9-3-4-10(2)14(13(9)15)21(19,20)16-8-7-12(18)17-11-5-6-11/h3-4,11,16H,5-8,15H2,1-2H3,(H,17,18). The molecule has 7 heteroatoms. The first-order chi connectivity index (χ1) is 9.81. The van der Waals surface area contributed by atoms with Gasteiger partial charge in [0.15, 0.2) is 0 Å². The highest BCUT2D eigenvalue weighted by atomic mass is 32.2. The first-order valence-electron chi connectivity index (χ1n) is 6.96. The number of hydrogen-bond acceptors (Lipinski definition) is 4. The summed E-state index contributed by atoms with van der Waals surface area (Å²) in [6.45, 7) is 3.52. The van der Waals surface area contributed by atoms with Crippen molar-refractivity contribution in [3.8, 4) is 0 Å². The van der Waals surface area contributed by atoms with Crippen LogP contribution in [0.1, 0.15) is 30.4 Å². The largest absolute Gasteiger partial charge is 0.397 e. The lowest BCUT2D eigenvalue weighted by Crippen LogP contribution is -2.32. The van der Waals surface area contributed by atoms with Crippen LogP contribution in [0.5, 0.6) is 0 Å². The number of sulfonamides is 1. The maximum Gasteiger partial charge on any atom is 0.242 e. The van der Waals surface area contributed by atoms with E-state index in [1.54, 1.807) is 26.0 Å². The zero-order chi connectivity index (χ0) is 15.6. The second-order valence-electron chi connectivity index (χ2n) is 5.43. The second kappa shape index (κ2) is 6.03. The van der Waals surface area contributed by atoms with Gasteiger partial charge in [-0.15, -0.1) is 0 Å². The van der Waals surface area contributed by atoms with E-state index in [1.165, 1.54) is 0 Å². The lowest BCUT2D eigenvalue weighted by Gasteiger charge is -2.13. The highest BCUT2D eigenvalue weighted by molar-refractivity contribution is 7.89. The third-order valence-electron chi connectivity index (χ3n) is 3.47. The molecule has 6 nitrogen and oxygen atoms in total. The predicted molar refractivity (Wildman–Crippen MR) is 81.3 cm³/mol. The van der Waals surface area contributed by atoms with Gasteiger partial charge in [-0.25, -0.2) is 13.1 Å². The van der Waals surface area contributed by atoms with Crippen LogP contribution in [-0.2, 0) is 14.8 Å². The molecule has 1 aliphatic carbocycles. The van der Waals surface area contributed by atoms with Crippen molar-refractivity contribution < 1.29 is 13.2 Å². The van der Waals surface area contributed by atoms with E-state index in [-0.39, 0.29) is 35.5 Å². The number of rotatable bonds is 6. The van der Waals surface area contributed by atoms with E-state index in [4.69, 9.17) is 5.73 Å². The molecule has 4 N–H and O–H groups in total. The van der Waals surface area contributed by atoms with E-state index in [1.807, 2.05) is 0 Å². The molecule has 0 unspecified atom stereocenters. The number of amides is 1. The molecule has 0 bridgehead atoms. The Kier molecular flexibility index (Phi) is 4.53. The van der Waals surface area contributed by atoms with Gasteiger partial charge in [-0.3, -0.25) is 4.79 Å². The van der Waals surface area contributed by atoms with Gasteiger partial charge in [-0.2, -0.15) is 0 Å². The summed E-state index contributed by atoms with van der Waals surface area (Å²) < 4.78 is 27.1. The molecule has 1 aliphatic rings. The van der Waals surface area contributed by atoms with Crippen molar-refractivity contribution in [1.29, 1.82) is 0 Å². The average Bonchev–Trinajstić information content (AvgIpc) is 3.17. The van der Waals surface area contributed by atoms with Gasteiger partial charge in [0.1, 0.15) is 4.90 Å². The summed E-state index contributed by atoms with van der Waals surface area (Å²) in [6.07, 6.45) is 2.15. The molecule has 0 spiro atoms. The summed E-state index contributed by atoms with van der Waals surface area (Å²) in [5, 5.41) is 2.81. The van der Waals surface area contributed by atoms with Crippen LogP contribution in [0, 0.1) is 13.8 Å². The van der Waals surface area contributed by atoms with Crippen molar-refractivity contribution in [2.24, 2.45) is 0 Å². The Balaban J connectivity index is 2.01. The molecule has 0 saturated heterocycles. The molecule has 0 radical (unpaired) electrons. The number of benzene rings is 1. The smallest absolute Gasteiger partial charge is 0.242 e. The highest BCUT2D eigenvalue weighted by Gasteiger charge is 2.24. The lowest BCUT2D eigenvalue weighted by molar-refractivity contribution is -0.121. The topological polar surface area (TPSA) is 101 Å². The van der Waals surface area contributed by atoms with E-state index in [2.05, 4.69) is 10.0 Å². The molecular weight excluding hydrogens is 290 g/mol. The zero-order valence-electron chi connectivity index (χ0n) is 12.3. The molecule has 1 fully saturated rings. The number of nitrogens with two attached hydrogens (primary N) is 1. The van der Waals surface area contributed by atoms with Crippen LogP contribution in [0.3, 0.4) is 0 Å². The van der Waals surface area contributed by atoms with Crippen LogP contribution in [0.25, 0.3) is 0 Å². The number of carbonyl (C=O) groups is 1. The van der Waals surface area contributed by atoms with Crippen LogP contribution in [0.4, 0.5) is 5.69 Å². The zero-order valence-corrected chi connectivity index (χ0v) is 13.1. The van der Waals surface area contributed by atoms with Gasteiger partial charge in [0.05, 0.1) is 5.69 Å². The van der Waals surface area contributed by atoms with Crippen LogP contribution >= 0.6 is 0 Å². The molecule has 0 aromatic heterocycles. The number of anilines is 1. The Morgan fingerprint density at radius 2 is 1.90 bits per heavy atom. The van der Waals surface area contributed by atoms with Gasteiger partial charge < -0.3 is 11.1 Å². The number of aryl methyl sites for hydroxylation is 2. The summed E-state index contributed by atoms with van der Waals surface area (Å²) in [4.78, 5) is 11.6. The molecule has 0 atom stereocenters. The first kappa shape index (κ1) is 15.8. The van der Waals surface area contributed by atoms with Crippen molar-refractivity contribution in [1.82, 2.24) is 10.0 Å². The summed E-state index contributed by atoms with van der Waals surface area (Å²) in [6, 6.07) is 3.79. The SMILES string of the molecule is Cc1ccc(C)c(S(=O)(=O)NCCC(=O)NC2CC2)c1N. The minimum atomic E-state index is -3.71. The molecule has 1 amide bonds. The van der Waals surface area contributed by atoms with Gasteiger partial charge in [0.25, 0.3) is 0 Å². The van der Waals surface area contributed by atoms with Crippen LogP contribution < -0.4 is 15.8 Å². The van der Waals surface area contributed by atoms with Gasteiger partial charge in [0.2, 0.25) is 15.9 Å². The molecule has 21 heavy (non-hydrogen) atoms. The van der Waals surface area contributed by atoms with Crippen molar-refractivity contribution in [3.05, 3.63) is 23.3 Å². The Morgan fingerprint density at radius 3 is 2.52 bits per heavy atom. The fourth-order valence-corrected chi connectivity index (χ4v) is 3.52. The molecular formula is C14H21N3O3S. The molecule has 1 aromatic rings. The Morgan fingerprint density at radius 1 is 1.29 bits per heavy atom. The molecule has 0 aliphatic heterocycles. The van der Waals surface area contributed by atoms with E-state index < -0.39 is 10.0 Å². The molecule has 1 aromatic carbocycles. The van der Waals surface area contributed by atoms with Crippen molar-refractivity contribution >= 4 is 21.6 Å². The Labute approximate surface area is 125 Å². The van der Waals surface area contributed by atoms with Crippen molar-refractivity contribution in [2.75, 3.05) is 12.3 Å². The normalized spacial score (nSPS) is 15.0. The van der Waals surface area contributed by atoms with Crippen molar-refractivity contribution in [2.45, 2.75) is 44.0 Å². The Bertz CT molecular complexity index is 652. The van der Waals surface area contributed by atoms with E-state index in [0.717, 1.165) is 12.8 Å². The molecule has 116 valence electrons. The van der Waals surface area contributed by atoms with Gasteiger partial charge in [-0.1, -0.05) is 12.1 Å². The molecule has 0 heterocycles. The monoisotopic (exact) mass is 311 g/mol. The number of carbonyl (C=O) groups excluding carboxylic acids is 1.